The number of esters is 2. The van der Waals surface area contributed by atoms with Crippen LogP contribution in [-0.4, -0.2) is 52.0 Å². The van der Waals surface area contributed by atoms with Crippen LogP contribution in [0.4, 0.5) is 0 Å². The number of rotatable bonds is 9. The van der Waals surface area contributed by atoms with Crippen molar-refractivity contribution in [2.45, 2.75) is 52.2 Å². The first kappa shape index (κ1) is 31.5. The van der Waals surface area contributed by atoms with Crippen LogP contribution in [0.3, 0.4) is 0 Å². The minimum atomic E-state index is -3.12. The maximum absolute atomic E-state index is 13.8. The molecule has 0 N–H and O–H groups in total. The second-order valence-electron chi connectivity index (χ2n) is 11.9. The van der Waals surface area contributed by atoms with E-state index < -0.39 is 25.9 Å². The van der Waals surface area contributed by atoms with Crippen LogP contribution in [0.5, 0.6) is 11.5 Å². The van der Waals surface area contributed by atoms with Crippen molar-refractivity contribution in [3.63, 3.8) is 0 Å². The van der Waals surface area contributed by atoms with Gasteiger partial charge in [-0.05, 0) is 48.3 Å². The fourth-order valence-electron chi connectivity index (χ4n) is 4.60. The lowest BCUT2D eigenvalue weighted by Crippen LogP contribution is -2.69. The van der Waals surface area contributed by atoms with E-state index >= 15 is 0 Å². The molecule has 7 nitrogen and oxygen atoms in total. The Balaban J connectivity index is 2.33. The minimum absolute atomic E-state index is 0.0870. The minimum Gasteiger partial charge on any atom is -0.533 e. The zero-order valence-corrected chi connectivity index (χ0v) is 26.5. The molecule has 0 aliphatic rings. The maximum atomic E-state index is 13.8. The van der Waals surface area contributed by atoms with Crippen LogP contribution in [0.25, 0.3) is 0 Å². The van der Waals surface area contributed by atoms with Gasteiger partial charge in [0.2, 0.25) is 5.76 Å². The van der Waals surface area contributed by atoms with Crippen LogP contribution in [-0.2, 0) is 14.3 Å². The third-order valence-corrected chi connectivity index (χ3v) is 11.2. The third kappa shape index (κ3) is 7.38. The van der Waals surface area contributed by atoms with E-state index in [1.165, 1.54) is 13.3 Å². The Bertz CT molecular complexity index is 1330. The Morgan fingerprint density at radius 1 is 0.756 bits per heavy atom. The van der Waals surface area contributed by atoms with E-state index in [0.29, 0.717) is 5.75 Å². The van der Waals surface area contributed by atoms with Gasteiger partial charge < -0.3 is 23.5 Å². The van der Waals surface area contributed by atoms with Crippen molar-refractivity contribution in [2.75, 3.05) is 21.2 Å². The molecular weight excluding hydrogens is 534 g/mol. The number of carbonyl (C=O) groups is 2. The van der Waals surface area contributed by atoms with E-state index in [9.17, 15) is 9.59 Å². The SMILES string of the molecule is COC(=O)C(=CN(C)C)Oc1cccc(O[Si](c2ccccc2)(c2ccccc2)C(C)(C)C)c1C(=O)OC(C)(C)C. The van der Waals surface area contributed by atoms with Crippen LogP contribution in [0, 0.1) is 0 Å². The number of benzene rings is 3. The maximum Gasteiger partial charge on any atom is 0.375 e. The zero-order valence-electron chi connectivity index (χ0n) is 25.5. The molecule has 3 aromatic rings. The summed E-state index contributed by atoms with van der Waals surface area (Å²) in [4.78, 5) is 28.1. The summed E-state index contributed by atoms with van der Waals surface area (Å²) >= 11 is 0. The van der Waals surface area contributed by atoms with E-state index in [-0.39, 0.29) is 22.1 Å². The highest BCUT2D eigenvalue weighted by Crippen LogP contribution is 2.40. The van der Waals surface area contributed by atoms with E-state index in [2.05, 4.69) is 45.0 Å². The molecule has 0 atom stereocenters. The van der Waals surface area contributed by atoms with Gasteiger partial charge in [0.05, 0.1) is 7.11 Å². The van der Waals surface area contributed by atoms with Gasteiger partial charge in [0, 0.05) is 20.3 Å². The first-order valence-electron chi connectivity index (χ1n) is 13.5. The van der Waals surface area contributed by atoms with Crippen LogP contribution < -0.4 is 19.5 Å². The lowest BCUT2D eigenvalue weighted by molar-refractivity contribution is -0.138. The van der Waals surface area contributed by atoms with Crippen molar-refractivity contribution in [1.82, 2.24) is 4.90 Å². The molecule has 0 bridgehead atoms. The molecule has 0 saturated heterocycles. The molecule has 0 spiro atoms. The molecule has 0 aromatic heterocycles. The van der Waals surface area contributed by atoms with Gasteiger partial charge in [0.25, 0.3) is 0 Å². The first-order valence-corrected chi connectivity index (χ1v) is 15.4. The summed E-state index contributed by atoms with van der Waals surface area (Å²) in [5.41, 5.74) is -0.701. The summed E-state index contributed by atoms with van der Waals surface area (Å²) in [5, 5.41) is 1.73. The molecule has 218 valence electrons. The molecular formula is C33H41NO6Si. The van der Waals surface area contributed by atoms with Crippen molar-refractivity contribution in [3.05, 3.63) is 96.4 Å². The van der Waals surface area contributed by atoms with E-state index in [4.69, 9.17) is 18.6 Å². The van der Waals surface area contributed by atoms with Gasteiger partial charge in [0.15, 0.2) is 0 Å². The number of hydrogen-bond donors (Lipinski definition) is 0. The summed E-state index contributed by atoms with van der Waals surface area (Å²) in [5.74, 6) is -0.986. The number of ether oxygens (including phenoxy) is 3. The fourth-order valence-corrected chi connectivity index (χ4v) is 9.03. The van der Waals surface area contributed by atoms with Gasteiger partial charge in [-0.2, -0.15) is 0 Å². The van der Waals surface area contributed by atoms with Gasteiger partial charge in [-0.15, -0.1) is 0 Å². The Hall–Kier alpha value is -4.04. The predicted octanol–water partition coefficient (Wildman–Crippen LogP) is 5.54. The van der Waals surface area contributed by atoms with Gasteiger partial charge in [-0.1, -0.05) is 87.5 Å². The highest BCUT2D eigenvalue weighted by molar-refractivity contribution is 7.00. The lowest BCUT2D eigenvalue weighted by atomic mass is 10.1. The molecule has 0 aliphatic heterocycles. The summed E-state index contributed by atoms with van der Waals surface area (Å²) in [6.07, 6.45) is 1.49. The van der Waals surface area contributed by atoms with Crippen LogP contribution >= 0.6 is 0 Å². The Morgan fingerprint density at radius 2 is 1.27 bits per heavy atom. The molecule has 0 saturated carbocycles. The summed E-state index contributed by atoms with van der Waals surface area (Å²) < 4.78 is 24.1. The molecule has 8 heteroatoms. The van der Waals surface area contributed by atoms with E-state index in [1.54, 1.807) is 58.0 Å². The predicted molar refractivity (Wildman–Crippen MR) is 164 cm³/mol. The van der Waals surface area contributed by atoms with Crippen molar-refractivity contribution >= 4 is 30.6 Å². The Labute approximate surface area is 244 Å². The summed E-state index contributed by atoms with van der Waals surface area (Å²) in [6, 6.07) is 25.3. The monoisotopic (exact) mass is 575 g/mol. The lowest BCUT2D eigenvalue weighted by Gasteiger charge is -2.43. The van der Waals surface area contributed by atoms with Crippen LogP contribution in [0.1, 0.15) is 51.9 Å². The molecule has 0 fully saturated rings. The highest BCUT2D eigenvalue weighted by atomic mass is 28.4. The van der Waals surface area contributed by atoms with Gasteiger partial charge in [0.1, 0.15) is 22.7 Å². The van der Waals surface area contributed by atoms with Crippen LogP contribution in [0.2, 0.25) is 5.04 Å². The van der Waals surface area contributed by atoms with Crippen molar-refractivity contribution < 1.29 is 28.2 Å². The quantitative estimate of drug-likeness (QED) is 0.144. The average Bonchev–Trinajstić information content (AvgIpc) is 2.90. The van der Waals surface area contributed by atoms with Crippen molar-refractivity contribution in [3.8, 4) is 11.5 Å². The summed E-state index contributed by atoms with van der Waals surface area (Å²) in [6.45, 7) is 11.8. The molecule has 0 aliphatic carbocycles. The second kappa shape index (κ2) is 12.6. The van der Waals surface area contributed by atoms with E-state index in [0.717, 1.165) is 10.4 Å². The smallest absolute Gasteiger partial charge is 0.375 e. The molecule has 0 unspecified atom stereocenters. The molecule has 41 heavy (non-hydrogen) atoms. The normalized spacial score (nSPS) is 12.4. The molecule has 3 rings (SSSR count). The standard InChI is InChI=1S/C33H41NO6Si/c1-32(2,3)39-31(36)29-26(38-28(23-34(7)8)30(35)37-9)21-16-22-27(29)40-41(33(4,5)6,24-17-12-10-13-18-24)25-19-14-11-15-20-25/h10-23H,1-9H3. The van der Waals surface area contributed by atoms with E-state index in [1.807, 2.05) is 36.4 Å². The number of nitrogens with zero attached hydrogens (tertiary/aromatic N) is 1. The van der Waals surface area contributed by atoms with Gasteiger partial charge >= 0.3 is 20.3 Å². The van der Waals surface area contributed by atoms with Crippen molar-refractivity contribution in [2.24, 2.45) is 0 Å². The molecule has 0 heterocycles. The number of carbonyl (C=O) groups excluding carboxylic acids is 2. The zero-order chi connectivity index (χ0) is 30.4. The third-order valence-electron chi connectivity index (χ3n) is 6.25. The Morgan fingerprint density at radius 3 is 1.71 bits per heavy atom. The largest absolute Gasteiger partial charge is 0.533 e. The number of methoxy groups -OCH3 is 1. The fraction of sp³-hybridized carbons (Fsp3) is 0.333. The first-order chi connectivity index (χ1) is 19.2. The molecule has 3 aromatic carbocycles. The molecule has 0 amide bonds. The topological polar surface area (TPSA) is 74.3 Å². The Kier molecular flexibility index (Phi) is 9.71. The van der Waals surface area contributed by atoms with Gasteiger partial charge in [-0.25, -0.2) is 9.59 Å². The number of hydrogen-bond acceptors (Lipinski definition) is 7. The molecule has 0 radical (unpaired) electrons. The van der Waals surface area contributed by atoms with Gasteiger partial charge in [-0.3, -0.25) is 0 Å². The van der Waals surface area contributed by atoms with Crippen LogP contribution in [0.15, 0.2) is 90.8 Å². The highest BCUT2D eigenvalue weighted by Gasteiger charge is 2.52. The average molecular weight is 576 g/mol. The van der Waals surface area contributed by atoms with Crippen molar-refractivity contribution in [1.29, 1.82) is 0 Å². The summed E-state index contributed by atoms with van der Waals surface area (Å²) in [7, 11) is 1.66. The second-order valence-corrected chi connectivity index (χ2v) is 16.2.